The van der Waals surface area contributed by atoms with Crippen molar-refractivity contribution < 1.29 is 9.47 Å². The van der Waals surface area contributed by atoms with Crippen molar-refractivity contribution in [3.05, 3.63) is 0 Å². The van der Waals surface area contributed by atoms with Crippen LogP contribution in [-0.4, -0.2) is 56.5 Å². The van der Waals surface area contributed by atoms with Gasteiger partial charge < -0.3 is 15.2 Å². The van der Waals surface area contributed by atoms with Crippen molar-refractivity contribution in [3.63, 3.8) is 0 Å². The van der Waals surface area contributed by atoms with Crippen molar-refractivity contribution in [2.45, 2.75) is 44.2 Å². The lowest BCUT2D eigenvalue weighted by Gasteiger charge is -2.28. The van der Waals surface area contributed by atoms with Crippen LogP contribution in [0.5, 0.6) is 0 Å². The highest BCUT2D eigenvalue weighted by atomic mass is 16.5. The van der Waals surface area contributed by atoms with Gasteiger partial charge in [-0.1, -0.05) is 0 Å². The Balaban J connectivity index is 1.48. The predicted molar refractivity (Wildman–Crippen MR) is 68.1 cm³/mol. The second-order valence-corrected chi connectivity index (χ2v) is 5.22. The normalized spacial score (nSPS) is 31.6. The summed E-state index contributed by atoms with van der Waals surface area (Å²) in [7, 11) is 0. The maximum Gasteiger partial charge on any atom is 0.0594 e. The summed E-state index contributed by atoms with van der Waals surface area (Å²) in [5.41, 5.74) is 5.88. The monoisotopic (exact) mass is 242 g/mol. The summed E-state index contributed by atoms with van der Waals surface area (Å²) >= 11 is 0. The van der Waals surface area contributed by atoms with E-state index < -0.39 is 0 Å². The molecule has 100 valence electrons. The number of rotatable bonds is 5. The van der Waals surface area contributed by atoms with Crippen LogP contribution in [0.2, 0.25) is 0 Å². The fourth-order valence-electron chi connectivity index (χ4n) is 2.62. The van der Waals surface area contributed by atoms with Crippen LogP contribution in [0, 0.1) is 0 Å². The third kappa shape index (κ3) is 4.92. The first-order valence-corrected chi connectivity index (χ1v) is 7.02. The molecule has 1 aliphatic heterocycles. The third-order valence-electron chi connectivity index (χ3n) is 3.79. The van der Waals surface area contributed by atoms with Crippen LogP contribution in [0.1, 0.15) is 32.1 Å². The third-order valence-corrected chi connectivity index (χ3v) is 3.79. The number of nitrogens with zero attached hydrogens (tertiary/aromatic N) is 1. The van der Waals surface area contributed by atoms with E-state index in [1.54, 1.807) is 0 Å². The highest BCUT2D eigenvalue weighted by Gasteiger charge is 2.18. The SMILES string of the molecule is NC1CCC(OCCCN2CCOCC2)CC1. The molecule has 0 aromatic carbocycles. The molecule has 0 unspecified atom stereocenters. The number of nitrogens with two attached hydrogens (primary N) is 1. The van der Waals surface area contributed by atoms with Gasteiger partial charge in [-0.15, -0.1) is 0 Å². The first-order valence-electron chi connectivity index (χ1n) is 7.02. The van der Waals surface area contributed by atoms with Crippen LogP contribution in [0.3, 0.4) is 0 Å². The summed E-state index contributed by atoms with van der Waals surface area (Å²) < 4.78 is 11.2. The molecule has 1 aliphatic carbocycles. The summed E-state index contributed by atoms with van der Waals surface area (Å²) in [6.45, 7) is 5.99. The second kappa shape index (κ2) is 7.31. The van der Waals surface area contributed by atoms with Crippen molar-refractivity contribution >= 4 is 0 Å². The molecule has 1 saturated heterocycles. The molecule has 2 fully saturated rings. The van der Waals surface area contributed by atoms with Crippen molar-refractivity contribution in [2.24, 2.45) is 5.73 Å². The van der Waals surface area contributed by atoms with Crippen LogP contribution in [-0.2, 0) is 9.47 Å². The van der Waals surface area contributed by atoms with Crippen molar-refractivity contribution in [2.75, 3.05) is 39.5 Å². The number of morpholine rings is 1. The molecule has 4 heteroatoms. The molecular formula is C13H26N2O2. The lowest BCUT2D eigenvalue weighted by Crippen LogP contribution is -2.37. The number of ether oxygens (including phenoxy) is 2. The summed E-state index contributed by atoms with van der Waals surface area (Å²) in [5, 5.41) is 0. The minimum atomic E-state index is 0.420. The minimum absolute atomic E-state index is 0.420. The van der Waals surface area contributed by atoms with E-state index in [9.17, 15) is 0 Å². The molecule has 0 spiro atoms. The molecule has 17 heavy (non-hydrogen) atoms. The molecule has 0 bridgehead atoms. The van der Waals surface area contributed by atoms with Crippen molar-refractivity contribution in [1.29, 1.82) is 0 Å². The maximum absolute atomic E-state index is 5.91. The van der Waals surface area contributed by atoms with Gasteiger partial charge in [0.25, 0.3) is 0 Å². The van der Waals surface area contributed by atoms with Gasteiger partial charge in [0.1, 0.15) is 0 Å². The first-order chi connectivity index (χ1) is 8.34. The zero-order chi connectivity index (χ0) is 11.9. The summed E-state index contributed by atoms with van der Waals surface area (Å²) in [6, 6.07) is 0.420. The Morgan fingerprint density at radius 1 is 1.12 bits per heavy atom. The molecule has 2 N–H and O–H groups in total. The molecule has 2 aliphatic rings. The van der Waals surface area contributed by atoms with Gasteiger partial charge in [-0.05, 0) is 32.1 Å². The number of hydrogen-bond donors (Lipinski definition) is 1. The fourth-order valence-corrected chi connectivity index (χ4v) is 2.62. The topological polar surface area (TPSA) is 47.7 Å². The Labute approximate surface area is 104 Å². The average molecular weight is 242 g/mol. The zero-order valence-electron chi connectivity index (χ0n) is 10.8. The molecule has 0 radical (unpaired) electrons. The molecule has 0 amide bonds. The quantitative estimate of drug-likeness (QED) is 0.731. The molecule has 4 nitrogen and oxygen atoms in total. The van der Waals surface area contributed by atoms with Crippen LogP contribution in [0.25, 0.3) is 0 Å². The van der Waals surface area contributed by atoms with Crippen molar-refractivity contribution in [1.82, 2.24) is 4.90 Å². The summed E-state index contributed by atoms with van der Waals surface area (Å²) in [4.78, 5) is 2.46. The molecule has 0 atom stereocenters. The molecule has 0 aromatic rings. The van der Waals surface area contributed by atoms with Crippen LogP contribution in [0.15, 0.2) is 0 Å². The molecule has 2 rings (SSSR count). The Morgan fingerprint density at radius 3 is 2.53 bits per heavy atom. The highest BCUT2D eigenvalue weighted by molar-refractivity contribution is 4.74. The first kappa shape index (κ1) is 13.3. The van der Waals surface area contributed by atoms with E-state index in [1.165, 1.54) is 0 Å². The van der Waals surface area contributed by atoms with E-state index in [-0.39, 0.29) is 0 Å². The van der Waals surface area contributed by atoms with Crippen molar-refractivity contribution in [3.8, 4) is 0 Å². The smallest absolute Gasteiger partial charge is 0.0594 e. The largest absolute Gasteiger partial charge is 0.379 e. The van der Waals surface area contributed by atoms with E-state index in [2.05, 4.69) is 4.90 Å². The Bertz CT molecular complexity index is 200. The van der Waals surface area contributed by atoms with Gasteiger partial charge in [-0.3, -0.25) is 4.90 Å². The Kier molecular flexibility index (Phi) is 5.71. The van der Waals surface area contributed by atoms with E-state index in [4.69, 9.17) is 15.2 Å². The lowest BCUT2D eigenvalue weighted by molar-refractivity contribution is 0.00828. The highest BCUT2D eigenvalue weighted by Crippen LogP contribution is 2.19. The van der Waals surface area contributed by atoms with E-state index in [0.717, 1.165) is 71.6 Å². The van der Waals surface area contributed by atoms with E-state index in [0.29, 0.717) is 12.1 Å². The lowest BCUT2D eigenvalue weighted by atomic mass is 9.94. The van der Waals surface area contributed by atoms with Crippen LogP contribution in [0.4, 0.5) is 0 Å². The van der Waals surface area contributed by atoms with Crippen LogP contribution < -0.4 is 5.73 Å². The molecule has 1 heterocycles. The number of hydrogen-bond acceptors (Lipinski definition) is 4. The Morgan fingerprint density at radius 2 is 1.82 bits per heavy atom. The maximum atomic E-state index is 5.91. The van der Waals surface area contributed by atoms with E-state index in [1.807, 2.05) is 0 Å². The second-order valence-electron chi connectivity index (χ2n) is 5.22. The van der Waals surface area contributed by atoms with Crippen LogP contribution >= 0.6 is 0 Å². The average Bonchev–Trinajstić information content (AvgIpc) is 2.38. The summed E-state index contributed by atoms with van der Waals surface area (Å²) in [5.74, 6) is 0. The van der Waals surface area contributed by atoms with E-state index >= 15 is 0 Å². The van der Waals surface area contributed by atoms with Gasteiger partial charge in [0, 0.05) is 32.3 Å². The van der Waals surface area contributed by atoms with Gasteiger partial charge in [0.05, 0.1) is 19.3 Å². The Hall–Kier alpha value is -0.160. The van der Waals surface area contributed by atoms with Gasteiger partial charge in [0.2, 0.25) is 0 Å². The standard InChI is InChI=1S/C13H26N2O2/c14-12-2-4-13(5-3-12)17-9-1-6-15-7-10-16-11-8-15/h12-13H,1-11,14H2. The van der Waals surface area contributed by atoms with Gasteiger partial charge in [0.15, 0.2) is 0 Å². The minimum Gasteiger partial charge on any atom is -0.379 e. The zero-order valence-corrected chi connectivity index (χ0v) is 10.8. The molecule has 0 aromatic heterocycles. The fraction of sp³-hybridized carbons (Fsp3) is 1.00. The van der Waals surface area contributed by atoms with Gasteiger partial charge >= 0.3 is 0 Å². The molecule has 1 saturated carbocycles. The predicted octanol–water partition coefficient (Wildman–Crippen LogP) is 0.995. The van der Waals surface area contributed by atoms with Gasteiger partial charge in [-0.25, -0.2) is 0 Å². The summed E-state index contributed by atoms with van der Waals surface area (Å²) in [6.07, 6.45) is 6.18. The molecular weight excluding hydrogens is 216 g/mol. The van der Waals surface area contributed by atoms with Gasteiger partial charge in [-0.2, -0.15) is 0 Å².